The first-order valence-electron chi connectivity index (χ1n) is 8.98. The van der Waals surface area contributed by atoms with Gasteiger partial charge in [0, 0.05) is 46.6 Å². The zero-order chi connectivity index (χ0) is 18.8. The average Bonchev–Trinajstić information content (AvgIpc) is 2.85. The van der Waals surface area contributed by atoms with Crippen molar-refractivity contribution >= 4 is 41.0 Å². The largest absolute Gasteiger partial charge is 0.450 e. The molecule has 1 amide bonds. The number of para-hydroxylation sites is 1. The molecule has 5 nitrogen and oxygen atoms in total. The number of fused-ring (bicyclic) bond motifs is 2. The quantitative estimate of drug-likeness (QED) is 0.697. The van der Waals surface area contributed by atoms with Crippen LogP contribution in [0.2, 0.25) is 5.02 Å². The van der Waals surface area contributed by atoms with Crippen LogP contribution in [0.15, 0.2) is 57.2 Å². The molecule has 1 saturated heterocycles. The number of benzene rings is 2. The van der Waals surface area contributed by atoms with Gasteiger partial charge in [0.2, 0.25) is 0 Å². The van der Waals surface area contributed by atoms with E-state index in [1.165, 1.54) is 0 Å². The fourth-order valence-corrected chi connectivity index (χ4v) is 4.42. The maximum atomic E-state index is 12.0. The summed E-state index contributed by atoms with van der Waals surface area (Å²) in [5.74, 6) is 0.911. The van der Waals surface area contributed by atoms with Gasteiger partial charge in [-0.3, -0.25) is 0 Å². The number of amidine groups is 1. The van der Waals surface area contributed by atoms with Crippen LogP contribution in [0.1, 0.15) is 12.5 Å². The second-order valence-corrected chi connectivity index (χ2v) is 7.84. The van der Waals surface area contributed by atoms with Crippen LogP contribution in [-0.2, 0) is 4.74 Å². The second-order valence-electron chi connectivity index (χ2n) is 6.32. The molecule has 2 aliphatic rings. The molecular weight excluding hydrogens is 382 g/mol. The summed E-state index contributed by atoms with van der Waals surface area (Å²) in [6, 6.07) is 14.1. The third-order valence-electron chi connectivity index (χ3n) is 4.60. The number of halogens is 1. The van der Waals surface area contributed by atoms with E-state index in [1.807, 2.05) is 37.3 Å². The molecule has 7 heteroatoms. The van der Waals surface area contributed by atoms with Gasteiger partial charge in [-0.15, -0.1) is 0 Å². The number of carbonyl (C=O) groups excluding carboxylic acids is 1. The van der Waals surface area contributed by atoms with Crippen LogP contribution in [-0.4, -0.2) is 54.5 Å². The van der Waals surface area contributed by atoms with Crippen molar-refractivity contribution in [2.75, 3.05) is 32.8 Å². The molecule has 0 N–H and O–H groups in total. The van der Waals surface area contributed by atoms with Gasteiger partial charge in [0.15, 0.2) is 0 Å². The molecule has 2 aromatic rings. The molecule has 0 aromatic heterocycles. The number of hydrogen-bond donors (Lipinski definition) is 0. The topological polar surface area (TPSA) is 45.1 Å². The molecule has 0 saturated carbocycles. The Morgan fingerprint density at radius 1 is 1.15 bits per heavy atom. The van der Waals surface area contributed by atoms with E-state index < -0.39 is 0 Å². The number of hydrogen-bond acceptors (Lipinski definition) is 5. The summed E-state index contributed by atoms with van der Waals surface area (Å²) in [6.07, 6.45) is -0.246. The first kappa shape index (κ1) is 18.2. The SMILES string of the molecule is CCOC(=O)N1CCN(C2=Nc3ccccc3Sc3ccc(Cl)cc32)CC1. The summed E-state index contributed by atoms with van der Waals surface area (Å²) < 4.78 is 5.12. The zero-order valence-electron chi connectivity index (χ0n) is 15.0. The van der Waals surface area contributed by atoms with Crippen molar-refractivity contribution in [3.63, 3.8) is 0 Å². The van der Waals surface area contributed by atoms with Crippen LogP contribution in [0, 0.1) is 0 Å². The molecule has 2 aromatic carbocycles. The van der Waals surface area contributed by atoms with Crippen LogP contribution in [0.3, 0.4) is 0 Å². The first-order chi connectivity index (χ1) is 13.2. The molecule has 27 heavy (non-hydrogen) atoms. The summed E-state index contributed by atoms with van der Waals surface area (Å²) in [4.78, 5) is 23.2. The van der Waals surface area contributed by atoms with Crippen LogP contribution in [0.5, 0.6) is 0 Å². The van der Waals surface area contributed by atoms with Crippen LogP contribution >= 0.6 is 23.4 Å². The highest BCUT2D eigenvalue weighted by Crippen LogP contribution is 2.41. The van der Waals surface area contributed by atoms with Crippen molar-refractivity contribution in [3.05, 3.63) is 53.1 Å². The van der Waals surface area contributed by atoms with Crippen molar-refractivity contribution in [3.8, 4) is 0 Å². The molecule has 0 unspecified atom stereocenters. The van der Waals surface area contributed by atoms with Crippen LogP contribution in [0.25, 0.3) is 0 Å². The van der Waals surface area contributed by atoms with E-state index in [-0.39, 0.29) is 6.09 Å². The zero-order valence-corrected chi connectivity index (χ0v) is 16.6. The number of rotatable bonds is 1. The van der Waals surface area contributed by atoms with Crippen molar-refractivity contribution in [2.45, 2.75) is 16.7 Å². The predicted molar refractivity (Wildman–Crippen MR) is 108 cm³/mol. The normalized spacial score (nSPS) is 16.1. The molecule has 0 aliphatic carbocycles. The Hall–Kier alpha value is -2.18. The Morgan fingerprint density at radius 2 is 1.93 bits per heavy atom. The van der Waals surface area contributed by atoms with Gasteiger partial charge in [0.05, 0.1) is 12.3 Å². The second kappa shape index (κ2) is 7.82. The summed E-state index contributed by atoms with van der Waals surface area (Å²) in [5, 5.41) is 0.693. The van der Waals surface area contributed by atoms with E-state index >= 15 is 0 Å². The predicted octanol–water partition coefficient (Wildman–Crippen LogP) is 4.66. The first-order valence-corrected chi connectivity index (χ1v) is 10.2. The Morgan fingerprint density at radius 3 is 2.70 bits per heavy atom. The molecule has 2 heterocycles. The van der Waals surface area contributed by atoms with E-state index in [1.54, 1.807) is 16.7 Å². The number of carbonyl (C=O) groups is 1. The number of piperazine rings is 1. The number of aliphatic imine (C=N–C) groups is 1. The molecule has 4 rings (SSSR count). The summed E-state index contributed by atoms with van der Waals surface area (Å²) in [5.41, 5.74) is 1.99. The molecule has 1 fully saturated rings. The van der Waals surface area contributed by atoms with E-state index in [2.05, 4.69) is 17.0 Å². The van der Waals surface area contributed by atoms with Crippen LogP contribution < -0.4 is 0 Å². The lowest BCUT2D eigenvalue weighted by molar-refractivity contribution is 0.0920. The molecule has 0 spiro atoms. The molecule has 2 aliphatic heterocycles. The van der Waals surface area contributed by atoms with Gasteiger partial charge in [-0.25, -0.2) is 9.79 Å². The van der Waals surface area contributed by atoms with E-state index in [0.717, 1.165) is 26.9 Å². The molecule has 0 atom stereocenters. The Kier molecular flexibility index (Phi) is 5.27. The van der Waals surface area contributed by atoms with E-state index in [4.69, 9.17) is 21.3 Å². The van der Waals surface area contributed by atoms with Crippen molar-refractivity contribution < 1.29 is 9.53 Å². The maximum Gasteiger partial charge on any atom is 0.409 e. The third kappa shape index (κ3) is 3.77. The number of nitrogens with zero attached hydrogens (tertiary/aromatic N) is 3. The third-order valence-corrected chi connectivity index (χ3v) is 5.98. The Balaban J connectivity index is 1.66. The summed E-state index contributed by atoms with van der Waals surface area (Å²) in [7, 11) is 0. The van der Waals surface area contributed by atoms with E-state index in [0.29, 0.717) is 37.8 Å². The lowest BCUT2D eigenvalue weighted by Gasteiger charge is -2.36. The summed E-state index contributed by atoms with van der Waals surface area (Å²) >= 11 is 8.00. The Bertz CT molecular complexity index is 895. The number of amides is 1. The van der Waals surface area contributed by atoms with E-state index in [9.17, 15) is 4.79 Å². The van der Waals surface area contributed by atoms with Gasteiger partial charge in [0.25, 0.3) is 0 Å². The van der Waals surface area contributed by atoms with Gasteiger partial charge in [0.1, 0.15) is 5.84 Å². The minimum atomic E-state index is -0.246. The Labute approximate surface area is 168 Å². The highest BCUT2D eigenvalue weighted by molar-refractivity contribution is 7.99. The molecule has 0 bridgehead atoms. The lowest BCUT2D eigenvalue weighted by atomic mass is 10.1. The average molecular weight is 402 g/mol. The number of ether oxygens (including phenoxy) is 1. The van der Waals surface area contributed by atoms with Gasteiger partial charge >= 0.3 is 6.09 Å². The van der Waals surface area contributed by atoms with Crippen molar-refractivity contribution in [2.24, 2.45) is 4.99 Å². The highest BCUT2D eigenvalue weighted by atomic mass is 35.5. The minimum Gasteiger partial charge on any atom is -0.450 e. The van der Waals surface area contributed by atoms with Gasteiger partial charge in [-0.1, -0.05) is 35.5 Å². The van der Waals surface area contributed by atoms with Crippen molar-refractivity contribution in [1.82, 2.24) is 9.80 Å². The van der Waals surface area contributed by atoms with Gasteiger partial charge in [-0.05, 0) is 37.3 Å². The smallest absolute Gasteiger partial charge is 0.409 e. The maximum absolute atomic E-state index is 12.0. The molecule has 0 radical (unpaired) electrons. The monoisotopic (exact) mass is 401 g/mol. The lowest BCUT2D eigenvalue weighted by Crippen LogP contribution is -2.51. The summed E-state index contributed by atoms with van der Waals surface area (Å²) in [6.45, 7) is 4.85. The van der Waals surface area contributed by atoms with Crippen LogP contribution in [0.4, 0.5) is 10.5 Å². The molecule has 140 valence electrons. The van der Waals surface area contributed by atoms with Crippen molar-refractivity contribution in [1.29, 1.82) is 0 Å². The minimum absolute atomic E-state index is 0.246. The van der Waals surface area contributed by atoms with Gasteiger partial charge in [-0.2, -0.15) is 0 Å². The van der Waals surface area contributed by atoms with Gasteiger partial charge < -0.3 is 14.5 Å². The standard InChI is InChI=1S/C20H20ClN3O2S/c1-2-26-20(25)24-11-9-23(10-12-24)19-15-13-14(21)7-8-17(15)27-18-6-4-3-5-16(18)22-19/h3-8,13H,2,9-12H2,1H3. The highest BCUT2D eigenvalue weighted by Gasteiger charge is 2.27. The molecular formula is C20H20ClN3O2S. The fraction of sp³-hybridized carbons (Fsp3) is 0.300. The fourth-order valence-electron chi connectivity index (χ4n) is 3.25.